The Hall–Kier alpha value is -3.59. The van der Waals surface area contributed by atoms with E-state index in [-0.39, 0.29) is 24.5 Å². The summed E-state index contributed by atoms with van der Waals surface area (Å²) in [5.41, 5.74) is 1.25. The number of benzene rings is 2. The van der Waals surface area contributed by atoms with Gasteiger partial charge in [-0.2, -0.15) is 15.0 Å². The smallest absolute Gasteiger partial charge is 0.287 e. The minimum absolute atomic E-state index is 0.0804. The van der Waals surface area contributed by atoms with Crippen molar-refractivity contribution < 1.29 is 18.3 Å². The third-order valence-corrected chi connectivity index (χ3v) is 5.75. The molecule has 1 saturated heterocycles. The van der Waals surface area contributed by atoms with Crippen LogP contribution in [0.25, 0.3) is 16.6 Å². The summed E-state index contributed by atoms with van der Waals surface area (Å²) in [6.07, 6.45) is 0.872. The summed E-state index contributed by atoms with van der Waals surface area (Å²) in [5.74, 6) is -3.50. The molecular formula is C23H18ClF2N5O2. The third kappa shape index (κ3) is 4.23. The second-order valence-corrected chi connectivity index (χ2v) is 8.13. The van der Waals surface area contributed by atoms with Crippen molar-refractivity contribution in [2.45, 2.75) is 18.4 Å². The summed E-state index contributed by atoms with van der Waals surface area (Å²) < 4.78 is 35.1. The van der Waals surface area contributed by atoms with Crippen molar-refractivity contribution in [3.8, 4) is 11.6 Å². The molecule has 1 unspecified atom stereocenters. The molecule has 0 bridgehead atoms. The number of ether oxygens (including phenoxy) is 1. The van der Waals surface area contributed by atoms with E-state index in [1.54, 1.807) is 30.3 Å². The number of alkyl halides is 2. The standard InChI is InChI=1S/C23H18ClF2N5O2/c24-16-6-7-19(31-27-10-11-28-31)17(13-16)22(32)30-12-9-23(25,26)20(14-30)33-21-8-5-15-3-1-2-4-18(15)29-21/h1-8,10-11,13,20H,9,12,14H2. The number of pyridine rings is 1. The molecule has 1 aliphatic heterocycles. The first-order chi connectivity index (χ1) is 15.9. The van der Waals surface area contributed by atoms with E-state index in [2.05, 4.69) is 15.2 Å². The number of hydrogen-bond acceptors (Lipinski definition) is 5. The topological polar surface area (TPSA) is 73.1 Å². The van der Waals surface area contributed by atoms with Gasteiger partial charge >= 0.3 is 0 Å². The average Bonchev–Trinajstić information content (AvgIpc) is 3.34. The van der Waals surface area contributed by atoms with E-state index in [0.29, 0.717) is 16.2 Å². The van der Waals surface area contributed by atoms with Crippen LogP contribution < -0.4 is 4.74 Å². The second-order valence-electron chi connectivity index (χ2n) is 7.69. The lowest BCUT2D eigenvalue weighted by Gasteiger charge is -2.38. The van der Waals surface area contributed by atoms with E-state index in [0.717, 1.165) is 5.39 Å². The molecule has 1 fully saturated rings. The molecule has 0 N–H and O–H groups in total. The number of rotatable bonds is 4. The summed E-state index contributed by atoms with van der Waals surface area (Å²) in [5, 5.41) is 9.33. The zero-order chi connectivity index (χ0) is 23.0. The van der Waals surface area contributed by atoms with Crippen LogP contribution in [0.3, 0.4) is 0 Å². The molecule has 1 aliphatic rings. The minimum atomic E-state index is -3.12. The second kappa shape index (κ2) is 8.40. The number of nitrogens with zero attached hydrogens (tertiary/aromatic N) is 5. The van der Waals surface area contributed by atoms with Crippen LogP contribution in [0.1, 0.15) is 16.8 Å². The molecule has 4 aromatic rings. The zero-order valence-corrected chi connectivity index (χ0v) is 18.0. The van der Waals surface area contributed by atoms with Crippen molar-refractivity contribution in [1.29, 1.82) is 0 Å². The van der Waals surface area contributed by atoms with Gasteiger partial charge in [0, 0.05) is 29.4 Å². The largest absolute Gasteiger partial charge is 0.466 e. The Morgan fingerprint density at radius 1 is 1.09 bits per heavy atom. The van der Waals surface area contributed by atoms with Crippen LogP contribution in [0, 0.1) is 0 Å². The van der Waals surface area contributed by atoms with Gasteiger partial charge in [0.15, 0.2) is 6.10 Å². The summed E-state index contributed by atoms with van der Waals surface area (Å²) in [7, 11) is 0. The molecular weight excluding hydrogens is 452 g/mol. The Labute approximate surface area is 192 Å². The SMILES string of the molecule is O=C(c1cc(Cl)ccc1-n1nccn1)N1CCC(F)(F)C(Oc2ccc3ccccc3n2)C1. The van der Waals surface area contributed by atoms with Gasteiger partial charge in [0.25, 0.3) is 11.8 Å². The molecule has 0 aliphatic carbocycles. The van der Waals surface area contributed by atoms with Gasteiger partial charge < -0.3 is 9.64 Å². The number of fused-ring (bicyclic) bond motifs is 1. The van der Waals surface area contributed by atoms with Crippen molar-refractivity contribution in [3.05, 3.63) is 77.6 Å². The Kier molecular flexibility index (Phi) is 5.41. The number of likely N-dealkylation sites (tertiary alicyclic amines) is 1. The summed E-state index contributed by atoms with van der Waals surface area (Å²) in [6.45, 7) is -0.436. The molecule has 1 amide bonds. The fraction of sp³-hybridized carbons (Fsp3) is 0.217. The number of carbonyl (C=O) groups excluding carboxylic acids is 1. The fourth-order valence-electron chi connectivity index (χ4n) is 3.80. The molecule has 33 heavy (non-hydrogen) atoms. The number of piperidine rings is 1. The number of hydrogen-bond donors (Lipinski definition) is 0. The normalized spacial score (nSPS) is 17.8. The zero-order valence-electron chi connectivity index (χ0n) is 17.2. The van der Waals surface area contributed by atoms with Crippen molar-refractivity contribution in [3.63, 3.8) is 0 Å². The van der Waals surface area contributed by atoms with Gasteiger partial charge in [0.05, 0.1) is 35.7 Å². The molecule has 2 aromatic carbocycles. The van der Waals surface area contributed by atoms with Crippen LogP contribution in [-0.2, 0) is 0 Å². The highest BCUT2D eigenvalue weighted by atomic mass is 35.5. The van der Waals surface area contributed by atoms with Gasteiger partial charge in [-0.25, -0.2) is 13.8 Å². The summed E-state index contributed by atoms with van der Waals surface area (Å²) >= 11 is 6.12. The van der Waals surface area contributed by atoms with E-state index in [1.807, 2.05) is 18.2 Å². The van der Waals surface area contributed by atoms with Crippen molar-refractivity contribution >= 4 is 28.4 Å². The van der Waals surface area contributed by atoms with E-state index >= 15 is 0 Å². The van der Waals surface area contributed by atoms with Crippen LogP contribution in [0.15, 0.2) is 67.0 Å². The predicted molar refractivity (Wildman–Crippen MR) is 118 cm³/mol. The first-order valence-corrected chi connectivity index (χ1v) is 10.6. The van der Waals surface area contributed by atoms with Crippen molar-refractivity contribution in [2.24, 2.45) is 0 Å². The molecule has 1 atom stereocenters. The molecule has 0 spiro atoms. The molecule has 10 heteroatoms. The molecule has 5 rings (SSSR count). The Bertz CT molecular complexity index is 1320. The van der Waals surface area contributed by atoms with Gasteiger partial charge in [-0.1, -0.05) is 29.8 Å². The third-order valence-electron chi connectivity index (χ3n) is 5.52. The average molecular weight is 470 g/mol. The highest BCUT2D eigenvalue weighted by Gasteiger charge is 2.47. The Morgan fingerprint density at radius 3 is 2.70 bits per heavy atom. The Balaban J connectivity index is 1.41. The molecule has 2 aromatic heterocycles. The van der Waals surface area contributed by atoms with E-state index in [4.69, 9.17) is 16.3 Å². The number of amides is 1. The minimum Gasteiger partial charge on any atom is -0.466 e. The van der Waals surface area contributed by atoms with Crippen LogP contribution in [0.2, 0.25) is 5.02 Å². The lowest BCUT2D eigenvalue weighted by atomic mass is 10.0. The molecule has 0 radical (unpaired) electrons. The van der Waals surface area contributed by atoms with Crippen LogP contribution >= 0.6 is 11.6 Å². The fourth-order valence-corrected chi connectivity index (χ4v) is 3.97. The quantitative estimate of drug-likeness (QED) is 0.443. The van der Waals surface area contributed by atoms with E-state index in [1.165, 1.54) is 28.2 Å². The number of carbonyl (C=O) groups is 1. The summed E-state index contributed by atoms with van der Waals surface area (Å²) in [4.78, 5) is 20.3. The van der Waals surface area contributed by atoms with Crippen LogP contribution in [-0.4, -0.2) is 55.9 Å². The monoisotopic (exact) mass is 469 g/mol. The van der Waals surface area contributed by atoms with E-state index < -0.39 is 24.4 Å². The van der Waals surface area contributed by atoms with Crippen LogP contribution in [0.5, 0.6) is 5.88 Å². The number of halogens is 3. The lowest BCUT2D eigenvalue weighted by molar-refractivity contribution is -0.131. The predicted octanol–water partition coefficient (Wildman–Crippen LogP) is 4.40. The van der Waals surface area contributed by atoms with E-state index in [9.17, 15) is 13.6 Å². The first kappa shape index (κ1) is 21.3. The van der Waals surface area contributed by atoms with Crippen LogP contribution in [0.4, 0.5) is 8.78 Å². The molecule has 7 nitrogen and oxygen atoms in total. The van der Waals surface area contributed by atoms with Gasteiger partial charge in [-0.15, -0.1) is 0 Å². The lowest BCUT2D eigenvalue weighted by Crippen LogP contribution is -2.55. The van der Waals surface area contributed by atoms with Crippen molar-refractivity contribution in [1.82, 2.24) is 24.9 Å². The molecule has 0 saturated carbocycles. The maximum Gasteiger partial charge on any atom is 0.287 e. The van der Waals surface area contributed by atoms with Gasteiger partial charge in [-0.3, -0.25) is 4.79 Å². The van der Waals surface area contributed by atoms with Crippen molar-refractivity contribution in [2.75, 3.05) is 13.1 Å². The number of para-hydroxylation sites is 1. The van der Waals surface area contributed by atoms with Gasteiger partial charge in [-0.05, 0) is 30.3 Å². The summed E-state index contributed by atoms with van der Waals surface area (Å²) in [6, 6.07) is 15.3. The van der Waals surface area contributed by atoms with Gasteiger partial charge in [0.2, 0.25) is 5.88 Å². The molecule has 3 heterocycles. The Morgan fingerprint density at radius 2 is 1.88 bits per heavy atom. The highest BCUT2D eigenvalue weighted by Crippen LogP contribution is 2.33. The molecule has 168 valence electrons. The first-order valence-electron chi connectivity index (χ1n) is 10.3. The highest BCUT2D eigenvalue weighted by molar-refractivity contribution is 6.31. The maximum absolute atomic E-state index is 14.7. The van der Waals surface area contributed by atoms with Gasteiger partial charge in [0.1, 0.15) is 0 Å². The number of aromatic nitrogens is 4. The maximum atomic E-state index is 14.7.